The molecular formula is C24H30N4. The number of hydrogen-bond donors (Lipinski definition) is 2. The van der Waals surface area contributed by atoms with Crippen LogP contribution in [0.3, 0.4) is 0 Å². The van der Waals surface area contributed by atoms with Crippen molar-refractivity contribution in [1.29, 1.82) is 0 Å². The number of H-pyrrole nitrogens is 1. The third kappa shape index (κ3) is 3.67. The highest BCUT2D eigenvalue weighted by Gasteiger charge is 2.22. The molecule has 28 heavy (non-hydrogen) atoms. The number of anilines is 1. The predicted octanol–water partition coefficient (Wildman–Crippen LogP) is 3.44. The summed E-state index contributed by atoms with van der Waals surface area (Å²) in [5.74, 6) is 0. The van der Waals surface area contributed by atoms with Gasteiger partial charge in [0.2, 0.25) is 0 Å². The van der Waals surface area contributed by atoms with E-state index in [1.807, 2.05) is 0 Å². The van der Waals surface area contributed by atoms with Crippen molar-refractivity contribution >= 4 is 16.6 Å². The van der Waals surface area contributed by atoms with Crippen LogP contribution in [-0.4, -0.2) is 55.2 Å². The molecule has 1 saturated heterocycles. The van der Waals surface area contributed by atoms with Gasteiger partial charge in [-0.15, -0.1) is 0 Å². The molecule has 1 aromatic heterocycles. The SMILES string of the molecule is c1ccc(N2CCN(CCNC3CCc4[nH]c5ccccc5c4C3)CC2)cc1. The maximum atomic E-state index is 3.84. The first kappa shape index (κ1) is 17.8. The minimum absolute atomic E-state index is 0.609. The Kier molecular flexibility index (Phi) is 5.06. The summed E-state index contributed by atoms with van der Waals surface area (Å²) in [5, 5.41) is 5.26. The number of aromatic amines is 1. The van der Waals surface area contributed by atoms with E-state index in [0.29, 0.717) is 6.04 Å². The maximum absolute atomic E-state index is 3.84. The molecule has 3 aromatic rings. The van der Waals surface area contributed by atoms with Crippen LogP contribution in [0.15, 0.2) is 54.6 Å². The molecule has 2 N–H and O–H groups in total. The van der Waals surface area contributed by atoms with Crippen LogP contribution in [0.5, 0.6) is 0 Å². The van der Waals surface area contributed by atoms with E-state index in [1.165, 1.54) is 34.3 Å². The van der Waals surface area contributed by atoms with Crippen molar-refractivity contribution in [3.63, 3.8) is 0 Å². The van der Waals surface area contributed by atoms with Crippen LogP contribution in [0, 0.1) is 0 Å². The third-order valence-electron chi connectivity index (χ3n) is 6.45. The molecule has 0 spiro atoms. The maximum Gasteiger partial charge on any atom is 0.0458 e. The molecule has 1 aliphatic carbocycles. The molecule has 0 radical (unpaired) electrons. The number of piperazine rings is 1. The van der Waals surface area contributed by atoms with E-state index >= 15 is 0 Å². The van der Waals surface area contributed by atoms with Crippen molar-refractivity contribution in [2.75, 3.05) is 44.2 Å². The first-order valence-corrected chi connectivity index (χ1v) is 10.7. The van der Waals surface area contributed by atoms with Gasteiger partial charge in [-0.25, -0.2) is 0 Å². The third-order valence-corrected chi connectivity index (χ3v) is 6.45. The number of rotatable bonds is 5. The molecule has 4 heteroatoms. The van der Waals surface area contributed by atoms with Gasteiger partial charge in [0, 0.05) is 67.6 Å². The first-order chi connectivity index (χ1) is 13.9. The molecule has 0 saturated carbocycles. The predicted molar refractivity (Wildman–Crippen MR) is 117 cm³/mol. The minimum atomic E-state index is 0.609. The molecule has 0 bridgehead atoms. The summed E-state index contributed by atoms with van der Waals surface area (Å²) in [6.07, 6.45) is 3.56. The second kappa shape index (κ2) is 7.98. The van der Waals surface area contributed by atoms with E-state index in [4.69, 9.17) is 0 Å². The molecule has 2 aromatic carbocycles. The van der Waals surface area contributed by atoms with Gasteiger partial charge in [-0.05, 0) is 43.0 Å². The lowest BCUT2D eigenvalue weighted by molar-refractivity contribution is 0.252. The van der Waals surface area contributed by atoms with Gasteiger partial charge in [0.25, 0.3) is 0 Å². The number of hydrogen-bond acceptors (Lipinski definition) is 3. The van der Waals surface area contributed by atoms with Gasteiger partial charge in [-0.3, -0.25) is 4.90 Å². The largest absolute Gasteiger partial charge is 0.369 e. The normalized spacial score (nSPS) is 20.4. The van der Waals surface area contributed by atoms with E-state index < -0.39 is 0 Å². The van der Waals surface area contributed by atoms with Crippen molar-refractivity contribution in [3.8, 4) is 0 Å². The fourth-order valence-electron chi connectivity index (χ4n) is 4.84. The number of aryl methyl sites for hydroxylation is 1. The van der Waals surface area contributed by atoms with Crippen LogP contribution in [0.25, 0.3) is 10.9 Å². The Labute approximate surface area is 167 Å². The zero-order chi connectivity index (χ0) is 18.8. The first-order valence-electron chi connectivity index (χ1n) is 10.7. The van der Waals surface area contributed by atoms with Gasteiger partial charge < -0.3 is 15.2 Å². The van der Waals surface area contributed by atoms with Crippen molar-refractivity contribution < 1.29 is 0 Å². The molecular weight excluding hydrogens is 344 g/mol. The standard InChI is InChI=1S/C24H30N4/c1-2-6-20(7-3-1)28-16-14-27(15-17-28)13-12-25-19-10-11-24-22(18-19)21-8-4-5-9-23(21)26-24/h1-9,19,25-26H,10-18H2. The van der Waals surface area contributed by atoms with E-state index in [-0.39, 0.29) is 0 Å². The number of nitrogens with zero attached hydrogens (tertiary/aromatic N) is 2. The minimum Gasteiger partial charge on any atom is -0.369 e. The Morgan fingerprint density at radius 1 is 0.929 bits per heavy atom. The molecule has 1 atom stereocenters. The summed E-state index contributed by atoms with van der Waals surface area (Å²) < 4.78 is 0. The van der Waals surface area contributed by atoms with Crippen molar-refractivity contribution in [2.45, 2.75) is 25.3 Å². The average molecular weight is 375 g/mol. The average Bonchev–Trinajstić information content (AvgIpc) is 3.13. The van der Waals surface area contributed by atoms with Gasteiger partial charge >= 0.3 is 0 Å². The van der Waals surface area contributed by atoms with Crippen molar-refractivity contribution in [3.05, 3.63) is 65.9 Å². The lowest BCUT2D eigenvalue weighted by atomic mass is 9.91. The number of benzene rings is 2. The second-order valence-corrected chi connectivity index (χ2v) is 8.19. The number of fused-ring (bicyclic) bond motifs is 3. The lowest BCUT2D eigenvalue weighted by Gasteiger charge is -2.36. The molecule has 146 valence electrons. The Morgan fingerprint density at radius 2 is 1.71 bits per heavy atom. The molecule has 4 nitrogen and oxygen atoms in total. The summed E-state index contributed by atoms with van der Waals surface area (Å²) in [7, 11) is 0. The molecule has 0 amide bonds. The number of nitrogens with one attached hydrogen (secondary N) is 2. The monoisotopic (exact) mass is 374 g/mol. The van der Waals surface area contributed by atoms with Crippen molar-refractivity contribution in [1.82, 2.24) is 15.2 Å². The van der Waals surface area contributed by atoms with Gasteiger partial charge in [0.1, 0.15) is 0 Å². The Balaban J connectivity index is 1.10. The van der Waals surface area contributed by atoms with E-state index in [2.05, 4.69) is 74.7 Å². The fraction of sp³-hybridized carbons (Fsp3) is 0.417. The summed E-state index contributed by atoms with van der Waals surface area (Å²) >= 11 is 0. The second-order valence-electron chi connectivity index (χ2n) is 8.19. The van der Waals surface area contributed by atoms with Crippen LogP contribution in [0.1, 0.15) is 17.7 Å². The summed E-state index contributed by atoms with van der Waals surface area (Å²) in [6.45, 7) is 6.83. The highest BCUT2D eigenvalue weighted by atomic mass is 15.3. The molecule has 2 heterocycles. The Morgan fingerprint density at radius 3 is 2.57 bits per heavy atom. The van der Waals surface area contributed by atoms with Crippen LogP contribution in [0.2, 0.25) is 0 Å². The van der Waals surface area contributed by atoms with Gasteiger partial charge in [-0.1, -0.05) is 36.4 Å². The smallest absolute Gasteiger partial charge is 0.0458 e. The van der Waals surface area contributed by atoms with Gasteiger partial charge in [0.15, 0.2) is 0 Å². The Bertz CT molecular complexity index is 909. The van der Waals surface area contributed by atoms with E-state index in [1.54, 1.807) is 0 Å². The fourth-order valence-corrected chi connectivity index (χ4v) is 4.84. The highest BCUT2D eigenvalue weighted by Crippen LogP contribution is 2.29. The quantitative estimate of drug-likeness (QED) is 0.718. The molecule has 1 unspecified atom stereocenters. The van der Waals surface area contributed by atoms with Gasteiger partial charge in [-0.2, -0.15) is 0 Å². The number of para-hydroxylation sites is 2. The van der Waals surface area contributed by atoms with Crippen LogP contribution < -0.4 is 10.2 Å². The summed E-state index contributed by atoms with van der Waals surface area (Å²) in [5.41, 5.74) is 5.65. The summed E-state index contributed by atoms with van der Waals surface area (Å²) in [6, 6.07) is 20.2. The van der Waals surface area contributed by atoms with Crippen molar-refractivity contribution in [2.24, 2.45) is 0 Å². The van der Waals surface area contributed by atoms with Crippen LogP contribution in [-0.2, 0) is 12.8 Å². The lowest BCUT2D eigenvalue weighted by Crippen LogP contribution is -2.49. The zero-order valence-corrected chi connectivity index (χ0v) is 16.5. The molecule has 2 aliphatic rings. The van der Waals surface area contributed by atoms with Crippen LogP contribution in [0.4, 0.5) is 5.69 Å². The molecule has 1 fully saturated rings. The Hall–Kier alpha value is -2.30. The highest BCUT2D eigenvalue weighted by molar-refractivity contribution is 5.84. The van der Waals surface area contributed by atoms with Gasteiger partial charge in [0.05, 0.1) is 0 Å². The van der Waals surface area contributed by atoms with E-state index in [0.717, 1.165) is 52.1 Å². The summed E-state index contributed by atoms with van der Waals surface area (Å²) in [4.78, 5) is 8.73. The molecule has 5 rings (SSSR count). The number of aromatic nitrogens is 1. The zero-order valence-electron chi connectivity index (χ0n) is 16.5. The van der Waals surface area contributed by atoms with E-state index in [9.17, 15) is 0 Å². The van der Waals surface area contributed by atoms with Crippen LogP contribution >= 0.6 is 0 Å². The molecule has 1 aliphatic heterocycles. The topological polar surface area (TPSA) is 34.3 Å².